The first-order valence-corrected chi connectivity index (χ1v) is 6.31. The van der Waals surface area contributed by atoms with Crippen molar-refractivity contribution in [3.05, 3.63) is 72.2 Å². The van der Waals surface area contributed by atoms with Gasteiger partial charge in [-0.15, -0.1) is 0 Å². The lowest BCUT2D eigenvalue weighted by Gasteiger charge is -2.08. The molecule has 0 aliphatic heterocycles. The van der Waals surface area contributed by atoms with E-state index in [4.69, 9.17) is 5.73 Å². The van der Waals surface area contributed by atoms with E-state index < -0.39 is 0 Å². The number of nitrogens with zero attached hydrogens (tertiary/aromatic N) is 1. The second kappa shape index (κ2) is 6.01. The van der Waals surface area contributed by atoms with Crippen molar-refractivity contribution >= 4 is 5.57 Å². The summed E-state index contributed by atoms with van der Waals surface area (Å²) in [5.41, 5.74) is 11.4. The molecule has 0 amide bonds. The molecule has 2 aromatic rings. The standard InChI is InChI=1S/C17H18N2/c1-3-14(4-7-18)16-10-13(2)11-17(12-16)15-5-8-19-9-6-15/h3-12H,18H2,1-2H3/b7-4-,14-3+. The maximum atomic E-state index is 5.50. The molecule has 2 nitrogen and oxygen atoms in total. The lowest BCUT2D eigenvalue weighted by molar-refractivity contribution is 1.33. The number of nitrogens with two attached hydrogens (primary N) is 1. The second-order valence-corrected chi connectivity index (χ2v) is 4.43. The summed E-state index contributed by atoms with van der Waals surface area (Å²) >= 11 is 0. The number of hydrogen-bond donors (Lipinski definition) is 1. The quantitative estimate of drug-likeness (QED) is 0.838. The van der Waals surface area contributed by atoms with Crippen molar-refractivity contribution < 1.29 is 0 Å². The number of aromatic nitrogens is 1. The molecule has 2 N–H and O–H groups in total. The lowest BCUT2D eigenvalue weighted by Crippen LogP contribution is -1.88. The van der Waals surface area contributed by atoms with Crippen LogP contribution in [0.5, 0.6) is 0 Å². The molecule has 2 rings (SSSR count). The van der Waals surface area contributed by atoms with Crippen molar-refractivity contribution in [2.45, 2.75) is 13.8 Å². The number of allylic oxidation sites excluding steroid dienone is 3. The average molecular weight is 250 g/mol. The highest BCUT2D eigenvalue weighted by molar-refractivity contribution is 5.78. The summed E-state index contributed by atoms with van der Waals surface area (Å²) in [6, 6.07) is 10.6. The zero-order valence-corrected chi connectivity index (χ0v) is 11.3. The largest absolute Gasteiger partial charge is 0.405 e. The van der Waals surface area contributed by atoms with Crippen LogP contribution in [0.3, 0.4) is 0 Å². The summed E-state index contributed by atoms with van der Waals surface area (Å²) in [5.74, 6) is 0. The van der Waals surface area contributed by atoms with Crippen molar-refractivity contribution in [2.75, 3.05) is 0 Å². The molecule has 0 saturated carbocycles. The Balaban J connectivity index is 2.52. The second-order valence-electron chi connectivity index (χ2n) is 4.43. The Morgan fingerprint density at radius 2 is 1.84 bits per heavy atom. The van der Waals surface area contributed by atoms with Gasteiger partial charge in [0.25, 0.3) is 0 Å². The van der Waals surface area contributed by atoms with Crippen LogP contribution in [0.1, 0.15) is 18.1 Å². The Morgan fingerprint density at radius 3 is 2.47 bits per heavy atom. The van der Waals surface area contributed by atoms with Gasteiger partial charge in [-0.3, -0.25) is 4.98 Å². The van der Waals surface area contributed by atoms with Gasteiger partial charge in [-0.25, -0.2) is 0 Å². The van der Waals surface area contributed by atoms with Gasteiger partial charge >= 0.3 is 0 Å². The predicted molar refractivity (Wildman–Crippen MR) is 81.4 cm³/mol. The van der Waals surface area contributed by atoms with Crippen molar-refractivity contribution in [1.82, 2.24) is 4.98 Å². The Kier molecular flexibility index (Phi) is 4.14. The number of aryl methyl sites for hydroxylation is 1. The van der Waals surface area contributed by atoms with Crippen LogP contribution in [0, 0.1) is 6.92 Å². The minimum absolute atomic E-state index is 1.13. The van der Waals surface area contributed by atoms with Gasteiger partial charge in [0.2, 0.25) is 0 Å². The Hall–Kier alpha value is -2.35. The Morgan fingerprint density at radius 1 is 1.11 bits per heavy atom. The van der Waals surface area contributed by atoms with E-state index in [0.29, 0.717) is 0 Å². The number of pyridine rings is 1. The highest BCUT2D eigenvalue weighted by Crippen LogP contribution is 2.25. The topological polar surface area (TPSA) is 38.9 Å². The van der Waals surface area contributed by atoms with E-state index >= 15 is 0 Å². The van der Waals surface area contributed by atoms with Gasteiger partial charge in [0, 0.05) is 12.4 Å². The fourth-order valence-corrected chi connectivity index (χ4v) is 2.12. The molecule has 0 aliphatic rings. The summed E-state index contributed by atoms with van der Waals surface area (Å²) in [4.78, 5) is 4.06. The average Bonchev–Trinajstić information content (AvgIpc) is 2.45. The van der Waals surface area contributed by atoms with Gasteiger partial charge in [0.1, 0.15) is 0 Å². The third-order valence-electron chi connectivity index (χ3n) is 3.01. The zero-order chi connectivity index (χ0) is 13.7. The SMILES string of the molecule is C/C=C(\C=C/N)c1cc(C)cc(-c2ccncc2)c1. The molecule has 0 spiro atoms. The van der Waals surface area contributed by atoms with Crippen LogP contribution in [0.4, 0.5) is 0 Å². The molecule has 0 fully saturated rings. The molecule has 1 aromatic heterocycles. The molecule has 0 bridgehead atoms. The van der Waals surface area contributed by atoms with E-state index in [-0.39, 0.29) is 0 Å². The molecule has 1 aromatic carbocycles. The number of benzene rings is 1. The van der Waals surface area contributed by atoms with Crippen LogP contribution >= 0.6 is 0 Å². The van der Waals surface area contributed by atoms with Crippen LogP contribution in [-0.2, 0) is 0 Å². The van der Waals surface area contributed by atoms with Crippen molar-refractivity contribution in [3.63, 3.8) is 0 Å². The van der Waals surface area contributed by atoms with Gasteiger partial charge in [0.05, 0.1) is 0 Å². The van der Waals surface area contributed by atoms with E-state index in [1.54, 1.807) is 6.20 Å². The third-order valence-corrected chi connectivity index (χ3v) is 3.01. The molecule has 1 heterocycles. The van der Waals surface area contributed by atoms with Gasteiger partial charge in [0.15, 0.2) is 0 Å². The van der Waals surface area contributed by atoms with Crippen LogP contribution in [0.15, 0.2) is 61.1 Å². The van der Waals surface area contributed by atoms with E-state index in [0.717, 1.165) is 5.57 Å². The minimum Gasteiger partial charge on any atom is -0.405 e. The van der Waals surface area contributed by atoms with Crippen LogP contribution < -0.4 is 5.73 Å². The maximum absolute atomic E-state index is 5.50. The van der Waals surface area contributed by atoms with Crippen LogP contribution in [-0.4, -0.2) is 4.98 Å². The summed E-state index contributed by atoms with van der Waals surface area (Å²) in [6.07, 6.45) is 9.19. The lowest BCUT2D eigenvalue weighted by atomic mass is 9.97. The van der Waals surface area contributed by atoms with Crippen LogP contribution in [0.25, 0.3) is 16.7 Å². The minimum atomic E-state index is 1.13. The monoisotopic (exact) mass is 250 g/mol. The van der Waals surface area contributed by atoms with Gasteiger partial charge < -0.3 is 5.73 Å². The van der Waals surface area contributed by atoms with Crippen molar-refractivity contribution in [2.24, 2.45) is 5.73 Å². The summed E-state index contributed by atoms with van der Waals surface area (Å²) in [6.45, 7) is 4.12. The van der Waals surface area contributed by atoms with Gasteiger partial charge in [-0.2, -0.15) is 0 Å². The van der Waals surface area contributed by atoms with Gasteiger partial charge in [-0.05, 0) is 72.1 Å². The van der Waals surface area contributed by atoms with E-state index in [1.165, 1.54) is 22.3 Å². The van der Waals surface area contributed by atoms with Gasteiger partial charge in [-0.1, -0.05) is 18.2 Å². The molecule has 2 heteroatoms. The fraction of sp³-hybridized carbons (Fsp3) is 0.118. The first kappa shape index (κ1) is 13.1. The summed E-state index contributed by atoms with van der Waals surface area (Å²) in [5, 5.41) is 0. The molecule has 0 radical (unpaired) electrons. The fourth-order valence-electron chi connectivity index (χ4n) is 2.12. The maximum Gasteiger partial charge on any atom is 0.0273 e. The Bertz CT molecular complexity index is 610. The molecular weight excluding hydrogens is 232 g/mol. The molecular formula is C17H18N2. The van der Waals surface area contributed by atoms with E-state index in [1.807, 2.05) is 37.5 Å². The smallest absolute Gasteiger partial charge is 0.0273 e. The molecule has 0 saturated heterocycles. The number of hydrogen-bond acceptors (Lipinski definition) is 2. The van der Waals surface area contributed by atoms with E-state index in [2.05, 4.69) is 36.2 Å². The number of rotatable bonds is 3. The van der Waals surface area contributed by atoms with Crippen LogP contribution in [0.2, 0.25) is 0 Å². The first-order chi connectivity index (χ1) is 9.24. The first-order valence-electron chi connectivity index (χ1n) is 6.31. The Labute approximate surface area is 114 Å². The highest BCUT2D eigenvalue weighted by atomic mass is 14.6. The van der Waals surface area contributed by atoms with Crippen molar-refractivity contribution in [1.29, 1.82) is 0 Å². The predicted octanol–water partition coefficient (Wildman–Crippen LogP) is 3.93. The van der Waals surface area contributed by atoms with E-state index in [9.17, 15) is 0 Å². The highest BCUT2D eigenvalue weighted by Gasteiger charge is 2.03. The molecule has 96 valence electrons. The summed E-state index contributed by atoms with van der Waals surface area (Å²) in [7, 11) is 0. The molecule has 19 heavy (non-hydrogen) atoms. The summed E-state index contributed by atoms with van der Waals surface area (Å²) < 4.78 is 0. The normalized spacial score (nSPS) is 12.0. The molecule has 0 aliphatic carbocycles. The van der Waals surface area contributed by atoms with Crippen molar-refractivity contribution in [3.8, 4) is 11.1 Å². The zero-order valence-electron chi connectivity index (χ0n) is 11.3. The third kappa shape index (κ3) is 3.10. The molecule has 0 atom stereocenters. The molecule has 0 unspecified atom stereocenters.